The standard InChI is InChI=1S/C15H20N4O3/c1-8-11-12(9-5-4-6-10(20)7-9)18(2)15(22)17-13(11)19(3)14(21)16-8/h4-8,11-13,20H,1-3H3,(H,16,21)(H,17,22)/t8-,11-,12?,13+/m1/s1. The third-order valence-electron chi connectivity index (χ3n) is 4.62. The minimum absolute atomic E-state index is 0.0350. The van der Waals surface area contributed by atoms with Crippen LogP contribution in [0.15, 0.2) is 24.3 Å². The molecule has 2 aliphatic heterocycles. The molecule has 2 heterocycles. The number of aromatic hydroxyl groups is 1. The normalized spacial score (nSPS) is 31.4. The quantitative estimate of drug-likeness (QED) is 0.725. The van der Waals surface area contributed by atoms with Crippen molar-refractivity contribution in [3.63, 3.8) is 0 Å². The fraction of sp³-hybridized carbons (Fsp3) is 0.467. The second kappa shape index (κ2) is 5.08. The Balaban J connectivity index is 2.05. The maximum Gasteiger partial charge on any atom is 0.319 e. The molecule has 4 atom stereocenters. The molecule has 0 aliphatic carbocycles. The van der Waals surface area contributed by atoms with Crippen molar-refractivity contribution < 1.29 is 14.7 Å². The maximum atomic E-state index is 12.3. The molecule has 1 unspecified atom stereocenters. The van der Waals surface area contributed by atoms with Crippen LogP contribution in [-0.4, -0.2) is 53.3 Å². The first-order valence-electron chi connectivity index (χ1n) is 7.25. The number of hydrogen-bond acceptors (Lipinski definition) is 3. The van der Waals surface area contributed by atoms with Crippen LogP contribution < -0.4 is 10.6 Å². The maximum absolute atomic E-state index is 12.3. The number of carbonyl (C=O) groups excluding carboxylic acids is 2. The zero-order valence-electron chi connectivity index (χ0n) is 12.8. The van der Waals surface area contributed by atoms with Gasteiger partial charge in [-0.25, -0.2) is 9.59 Å². The summed E-state index contributed by atoms with van der Waals surface area (Å²) in [5, 5.41) is 15.6. The molecule has 3 rings (SSSR count). The number of benzene rings is 1. The number of hydrogen-bond donors (Lipinski definition) is 3. The molecule has 22 heavy (non-hydrogen) atoms. The summed E-state index contributed by atoms with van der Waals surface area (Å²) in [5.41, 5.74) is 0.851. The number of nitrogens with zero attached hydrogens (tertiary/aromatic N) is 2. The number of phenolic OH excluding ortho intramolecular Hbond substituents is 1. The highest BCUT2D eigenvalue weighted by Crippen LogP contribution is 2.38. The number of phenols is 1. The minimum atomic E-state index is -0.375. The number of rotatable bonds is 1. The molecule has 0 saturated carbocycles. The van der Waals surface area contributed by atoms with Crippen molar-refractivity contribution >= 4 is 12.1 Å². The molecule has 2 saturated heterocycles. The van der Waals surface area contributed by atoms with Crippen molar-refractivity contribution in [2.24, 2.45) is 5.92 Å². The molecular weight excluding hydrogens is 284 g/mol. The van der Waals surface area contributed by atoms with Gasteiger partial charge in [0.05, 0.1) is 6.04 Å². The van der Waals surface area contributed by atoms with E-state index in [0.717, 1.165) is 5.56 Å². The summed E-state index contributed by atoms with van der Waals surface area (Å²) in [6.07, 6.45) is -0.375. The van der Waals surface area contributed by atoms with Crippen LogP contribution in [-0.2, 0) is 0 Å². The molecule has 0 radical (unpaired) electrons. The van der Waals surface area contributed by atoms with Crippen molar-refractivity contribution in [3.8, 4) is 5.75 Å². The van der Waals surface area contributed by atoms with Crippen LogP contribution in [0.25, 0.3) is 0 Å². The van der Waals surface area contributed by atoms with E-state index in [9.17, 15) is 14.7 Å². The van der Waals surface area contributed by atoms with E-state index in [1.165, 1.54) is 4.90 Å². The molecule has 2 aliphatic rings. The largest absolute Gasteiger partial charge is 0.508 e. The molecule has 7 nitrogen and oxygen atoms in total. The van der Waals surface area contributed by atoms with Gasteiger partial charge in [0.25, 0.3) is 0 Å². The Hall–Kier alpha value is -2.44. The first-order valence-corrected chi connectivity index (χ1v) is 7.25. The van der Waals surface area contributed by atoms with E-state index >= 15 is 0 Å². The lowest BCUT2D eigenvalue weighted by Gasteiger charge is -2.52. The van der Waals surface area contributed by atoms with Crippen LogP contribution in [0.5, 0.6) is 5.75 Å². The van der Waals surface area contributed by atoms with E-state index in [1.54, 1.807) is 37.2 Å². The number of fused-ring (bicyclic) bond motifs is 1. The van der Waals surface area contributed by atoms with E-state index in [4.69, 9.17) is 0 Å². The number of carbonyl (C=O) groups is 2. The Morgan fingerprint density at radius 3 is 2.45 bits per heavy atom. The summed E-state index contributed by atoms with van der Waals surface area (Å²) in [6.45, 7) is 1.93. The number of urea groups is 2. The lowest BCUT2D eigenvalue weighted by atomic mass is 9.81. The summed E-state index contributed by atoms with van der Waals surface area (Å²) in [5.74, 6) is 0.126. The van der Waals surface area contributed by atoms with Gasteiger partial charge in [0.15, 0.2) is 0 Å². The molecule has 7 heteroatoms. The third kappa shape index (κ3) is 2.13. The van der Waals surface area contributed by atoms with E-state index in [-0.39, 0.29) is 42.0 Å². The number of amides is 4. The fourth-order valence-corrected chi connectivity index (χ4v) is 3.46. The van der Waals surface area contributed by atoms with Gasteiger partial charge in [-0.3, -0.25) is 0 Å². The smallest absolute Gasteiger partial charge is 0.319 e. The highest BCUT2D eigenvalue weighted by atomic mass is 16.3. The summed E-state index contributed by atoms with van der Waals surface area (Å²) < 4.78 is 0. The van der Waals surface area contributed by atoms with E-state index in [1.807, 2.05) is 13.0 Å². The molecule has 3 N–H and O–H groups in total. The predicted molar refractivity (Wildman–Crippen MR) is 80.2 cm³/mol. The Bertz CT molecular complexity index is 621. The van der Waals surface area contributed by atoms with Gasteiger partial charge < -0.3 is 25.5 Å². The highest BCUT2D eigenvalue weighted by Gasteiger charge is 2.49. The molecule has 1 aromatic carbocycles. The average Bonchev–Trinajstić information content (AvgIpc) is 2.47. The van der Waals surface area contributed by atoms with Crippen molar-refractivity contribution in [2.45, 2.75) is 25.2 Å². The SMILES string of the molecule is C[C@H]1NC(=O)N(C)[C@@H]2NC(=O)N(C)C(c3cccc(O)c3)[C@H]21. The third-order valence-corrected chi connectivity index (χ3v) is 4.62. The Labute approximate surface area is 128 Å². The van der Waals surface area contributed by atoms with Gasteiger partial charge in [0, 0.05) is 26.1 Å². The summed E-state index contributed by atoms with van der Waals surface area (Å²) in [6, 6.07) is 6.14. The van der Waals surface area contributed by atoms with Crippen LogP contribution >= 0.6 is 0 Å². The van der Waals surface area contributed by atoms with E-state index in [2.05, 4.69) is 10.6 Å². The summed E-state index contributed by atoms with van der Waals surface area (Å²) >= 11 is 0. The van der Waals surface area contributed by atoms with Gasteiger partial charge in [-0.2, -0.15) is 0 Å². The van der Waals surface area contributed by atoms with Crippen molar-refractivity contribution in [2.75, 3.05) is 14.1 Å². The van der Waals surface area contributed by atoms with Crippen LogP contribution in [0.3, 0.4) is 0 Å². The first kappa shape index (κ1) is 14.5. The van der Waals surface area contributed by atoms with E-state index in [0.29, 0.717) is 0 Å². The van der Waals surface area contributed by atoms with Gasteiger partial charge in [0.1, 0.15) is 11.9 Å². The number of nitrogens with one attached hydrogen (secondary N) is 2. The Kier molecular flexibility index (Phi) is 3.35. The second-order valence-corrected chi connectivity index (χ2v) is 5.97. The minimum Gasteiger partial charge on any atom is -0.508 e. The monoisotopic (exact) mass is 304 g/mol. The Morgan fingerprint density at radius 1 is 1.09 bits per heavy atom. The molecule has 0 aromatic heterocycles. The summed E-state index contributed by atoms with van der Waals surface area (Å²) in [4.78, 5) is 27.4. The van der Waals surface area contributed by atoms with Gasteiger partial charge in [0.2, 0.25) is 0 Å². The van der Waals surface area contributed by atoms with Gasteiger partial charge in [-0.05, 0) is 24.6 Å². The molecule has 0 spiro atoms. The molecule has 4 amide bonds. The average molecular weight is 304 g/mol. The Morgan fingerprint density at radius 2 is 1.77 bits per heavy atom. The summed E-state index contributed by atoms with van der Waals surface area (Å²) in [7, 11) is 3.40. The van der Waals surface area contributed by atoms with Gasteiger partial charge in [-0.15, -0.1) is 0 Å². The van der Waals surface area contributed by atoms with Crippen LogP contribution in [0.2, 0.25) is 0 Å². The first-order chi connectivity index (χ1) is 10.4. The van der Waals surface area contributed by atoms with Crippen LogP contribution in [0.1, 0.15) is 18.5 Å². The van der Waals surface area contributed by atoms with Crippen molar-refractivity contribution in [1.29, 1.82) is 0 Å². The second-order valence-electron chi connectivity index (χ2n) is 5.97. The lowest BCUT2D eigenvalue weighted by molar-refractivity contribution is 0.0247. The molecule has 118 valence electrons. The topological polar surface area (TPSA) is 84.9 Å². The van der Waals surface area contributed by atoms with Crippen LogP contribution in [0, 0.1) is 5.92 Å². The molecular formula is C15H20N4O3. The van der Waals surface area contributed by atoms with Crippen molar-refractivity contribution in [3.05, 3.63) is 29.8 Å². The highest BCUT2D eigenvalue weighted by molar-refractivity contribution is 5.80. The fourth-order valence-electron chi connectivity index (χ4n) is 3.46. The van der Waals surface area contributed by atoms with Gasteiger partial charge >= 0.3 is 12.1 Å². The molecule has 1 aromatic rings. The van der Waals surface area contributed by atoms with Crippen molar-refractivity contribution in [1.82, 2.24) is 20.4 Å². The molecule has 0 bridgehead atoms. The van der Waals surface area contributed by atoms with Gasteiger partial charge in [-0.1, -0.05) is 12.1 Å². The van der Waals surface area contributed by atoms with E-state index < -0.39 is 0 Å². The zero-order valence-corrected chi connectivity index (χ0v) is 12.8. The predicted octanol–water partition coefficient (Wildman–Crippen LogP) is 1.07. The van der Waals surface area contributed by atoms with Crippen LogP contribution in [0.4, 0.5) is 9.59 Å². The zero-order chi connectivity index (χ0) is 16.0. The molecule has 2 fully saturated rings. The lowest BCUT2D eigenvalue weighted by Crippen LogP contribution is -2.71.